The summed E-state index contributed by atoms with van der Waals surface area (Å²) in [6.07, 6.45) is -3.23. The molecule has 1 aliphatic heterocycles. The van der Waals surface area contributed by atoms with Gasteiger partial charge in [-0.05, 0) is 38.3 Å². The lowest BCUT2D eigenvalue weighted by molar-refractivity contribution is -0.150. The molecule has 0 aliphatic carbocycles. The van der Waals surface area contributed by atoms with Crippen molar-refractivity contribution in [2.24, 2.45) is 11.8 Å². The average molecular weight is 225 g/mol. The molecular formula is C10H18F3NO. The van der Waals surface area contributed by atoms with Crippen molar-refractivity contribution in [1.82, 2.24) is 5.32 Å². The lowest BCUT2D eigenvalue weighted by Crippen LogP contribution is -2.33. The van der Waals surface area contributed by atoms with Gasteiger partial charge in [0, 0.05) is 19.6 Å². The minimum Gasteiger partial charge on any atom is -0.381 e. The summed E-state index contributed by atoms with van der Waals surface area (Å²) in [6, 6.07) is 0. The van der Waals surface area contributed by atoms with E-state index < -0.39 is 12.6 Å². The van der Waals surface area contributed by atoms with E-state index in [1.54, 1.807) is 7.05 Å². The lowest BCUT2D eigenvalue weighted by Gasteiger charge is -2.30. The minimum atomic E-state index is -4.06. The van der Waals surface area contributed by atoms with Crippen LogP contribution in [0.3, 0.4) is 0 Å². The quantitative estimate of drug-likeness (QED) is 0.792. The Hall–Kier alpha value is -0.290. The fraction of sp³-hybridized carbons (Fsp3) is 1.00. The van der Waals surface area contributed by atoms with Crippen LogP contribution in [0.15, 0.2) is 0 Å². The van der Waals surface area contributed by atoms with Gasteiger partial charge in [-0.25, -0.2) is 0 Å². The van der Waals surface area contributed by atoms with Crippen LogP contribution >= 0.6 is 0 Å². The van der Waals surface area contributed by atoms with Gasteiger partial charge in [-0.1, -0.05) is 0 Å². The highest BCUT2D eigenvalue weighted by atomic mass is 19.4. The zero-order valence-electron chi connectivity index (χ0n) is 8.94. The van der Waals surface area contributed by atoms with E-state index in [-0.39, 0.29) is 11.8 Å². The van der Waals surface area contributed by atoms with E-state index in [0.717, 1.165) is 12.8 Å². The van der Waals surface area contributed by atoms with Crippen LogP contribution in [-0.4, -0.2) is 33.0 Å². The third-order valence-corrected chi connectivity index (χ3v) is 2.89. The third-order valence-electron chi connectivity index (χ3n) is 2.89. The summed E-state index contributed by atoms with van der Waals surface area (Å²) in [6.45, 7) is 1.63. The fourth-order valence-corrected chi connectivity index (χ4v) is 2.15. The summed E-state index contributed by atoms with van der Waals surface area (Å²) in [5.41, 5.74) is 0. The van der Waals surface area contributed by atoms with Gasteiger partial charge in [-0.3, -0.25) is 0 Å². The van der Waals surface area contributed by atoms with Crippen molar-refractivity contribution in [3.8, 4) is 0 Å². The zero-order valence-corrected chi connectivity index (χ0v) is 8.94. The first-order valence-electron chi connectivity index (χ1n) is 5.32. The van der Waals surface area contributed by atoms with Crippen LogP contribution in [0.5, 0.6) is 0 Å². The summed E-state index contributed by atoms with van der Waals surface area (Å²) in [4.78, 5) is 0. The first-order valence-corrected chi connectivity index (χ1v) is 5.32. The maximum atomic E-state index is 12.3. The van der Waals surface area contributed by atoms with Crippen LogP contribution in [0.1, 0.15) is 19.3 Å². The van der Waals surface area contributed by atoms with Gasteiger partial charge in [0.1, 0.15) is 0 Å². The lowest BCUT2D eigenvalue weighted by atomic mass is 9.83. The predicted octanol–water partition coefficient (Wildman–Crippen LogP) is 2.20. The van der Waals surface area contributed by atoms with Gasteiger partial charge >= 0.3 is 6.18 Å². The van der Waals surface area contributed by atoms with Gasteiger partial charge in [0.2, 0.25) is 0 Å². The van der Waals surface area contributed by atoms with Crippen LogP contribution < -0.4 is 5.32 Å². The van der Waals surface area contributed by atoms with Crippen LogP contribution in [-0.2, 0) is 4.74 Å². The number of rotatable bonds is 4. The summed E-state index contributed by atoms with van der Waals surface area (Å²) >= 11 is 0. The summed E-state index contributed by atoms with van der Waals surface area (Å²) in [7, 11) is 1.70. The molecule has 0 spiro atoms. The van der Waals surface area contributed by atoms with Crippen molar-refractivity contribution in [1.29, 1.82) is 0 Å². The van der Waals surface area contributed by atoms with Gasteiger partial charge in [0.05, 0.1) is 0 Å². The van der Waals surface area contributed by atoms with Crippen molar-refractivity contribution >= 4 is 0 Å². The second-order valence-electron chi connectivity index (χ2n) is 4.09. The smallest absolute Gasteiger partial charge is 0.381 e. The van der Waals surface area contributed by atoms with Crippen molar-refractivity contribution in [3.63, 3.8) is 0 Å². The Bertz CT molecular complexity index is 178. The highest BCUT2D eigenvalue weighted by molar-refractivity contribution is 4.76. The Morgan fingerprint density at radius 1 is 1.33 bits per heavy atom. The second kappa shape index (κ2) is 5.70. The number of hydrogen-bond donors (Lipinski definition) is 1. The Morgan fingerprint density at radius 3 is 2.40 bits per heavy atom. The molecule has 1 atom stereocenters. The summed E-state index contributed by atoms with van der Waals surface area (Å²) < 4.78 is 42.1. The van der Waals surface area contributed by atoms with E-state index in [2.05, 4.69) is 5.32 Å². The topological polar surface area (TPSA) is 21.3 Å². The molecule has 0 unspecified atom stereocenters. The normalized spacial score (nSPS) is 21.6. The maximum absolute atomic E-state index is 12.3. The molecule has 0 bridgehead atoms. The largest absolute Gasteiger partial charge is 0.389 e. The second-order valence-corrected chi connectivity index (χ2v) is 4.09. The number of alkyl halides is 3. The molecule has 1 aliphatic rings. The first-order chi connectivity index (χ1) is 7.03. The Balaban J connectivity index is 2.47. The molecule has 2 nitrogen and oxygen atoms in total. The SMILES string of the molecule is CNC[C@@H](CC(F)(F)F)C1CCOCC1. The molecule has 1 fully saturated rings. The van der Waals surface area contributed by atoms with Crippen molar-refractivity contribution in [3.05, 3.63) is 0 Å². The first kappa shape index (κ1) is 12.8. The number of nitrogens with one attached hydrogen (secondary N) is 1. The summed E-state index contributed by atoms with van der Waals surface area (Å²) in [5, 5.41) is 2.85. The highest BCUT2D eigenvalue weighted by Gasteiger charge is 2.35. The summed E-state index contributed by atoms with van der Waals surface area (Å²) in [5.74, 6) is -0.160. The van der Waals surface area contributed by atoms with E-state index in [4.69, 9.17) is 4.74 Å². The molecule has 1 saturated heterocycles. The average Bonchev–Trinajstić information content (AvgIpc) is 2.17. The van der Waals surface area contributed by atoms with Crippen molar-refractivity contribution in [2.45, 2.75) is 25.4 Å². The van der Waals surface area contributed by atoms with E-state index in [9.17, 15) is 13.2 Å². The Kier molecular flexibility index (Phi) is 4.86. The van der Waals surface area contributed by atoms with E-state index in [0.29, 0.717) is 19.8 Å². The van der Waals surface area contributed by atoms with E-state index >= 15 is 0 Å². The van der Waals surface area contributed by atoms with Gasteiger partial charge < -0.3 is 10.1 Å². The van der Waals surface area contributed by atoms with Crippen molar-refractivity contribution in [2.75, 3.05) is 26.8 Å². The molecule has 0 aromatic carbocycles. The van der Waals surface area contributed by atoms with Gasteiger partial charge in [0.25, 0.3) is 0 Å². The highest BCUT2D eigenvalue weighted by Crippen LogP contribution is 2.33. The molecule has 0 aromatic heterocycles. The van der Waals surface area contributed by atoms with Crippen LogP contribution in [0.25, 0.3) is 0 Å². The molecule has 0 aromatic rings. The molecule has 0 amide bonds. The van der Waals surface area contributed by atoms with Gasteiger partial charge in [-0.15, -0.1) is 0 Å². The van der Waals surface area contributed by atoms with Crippen LogP contribution in [0.4, 0.5) is 13.2 Å². The minimum absolute atomic E-state index is 0.146. The third kappa shape index (κ3) is 4.84. The molecule has 1 rings (SSSR count). The monoisotopic (exact) mass is 225 g/mol. The number of hydrogen-bond acceptors (Lipinski definition) is 2. The number of halogens is 3. The molecule has 0 radical (unpaired) electrons. The molecular weight excluding hydrogens is 207 g/mol. The molecule has 1 heterocycles. The molecule has 0 saturated carbocycles. The van der Waals surface area contributed by atoms with Crippen molar-refractivity contribution < 1.29 is 17.9 Å². The van der Waals surface area contributed by atoms with Gasteiger partial charge in [0.15, 0.2) is 0 Å². The van der Waals surface area contributed by atoms with E-state index in [1.807, 2.05) is 0 Å². The zero-order chi connectivity index (χ0) is 11.3. The number of ether oxygens (including phenoxy) is 1. The Morgan fingerprint density at radius 2 is 1.93 bits per heavy atom. The standard InChI is InChI=1S/C10H18F3NO/c1-14-7-9(6-10(11,12)13)8-2-4-15-5-3-8/h8-9,14H,2-7H2,1H3/t9-/m1/s1. The Labute approximate surface area is 88.2 Å². The molecule has 15 heavy (non-hydrogen) atoms. The van der Waals surface area contributed by atoms with Gasteiger partial charge in [-0.2, -0.15) is 13.2 Å². The van der Waals surface area contributed by atoms with Crippen LogP contribution in [0, 0.1) is 11.8 Å². The molecule has 5 heteroatoms. The maximum Gasteiger partial charge on any atom is 0.389 e. The van der Waals surface area contributed by atoms with Crippen LogP contribution in [0.2, 0.25) is 0 Å². The fourth-order valence-electron chi connectivity index (χ4n) is 2.15. The molecule has 90 valence electrons. The van der Waals surface area contributed by atoms with E-state index in [1.165, 1.54) is 0 Å². The predicted molar refractivity (Wildman–Crippen MR) is 51.6 cm³/mol. The molecule has 1 N–H and O–H groups in total.